The van der Waals surface area contributed by atoms with Crippen molar-refractivity contribution in [1.82, 2.24) is 10.3 Å². The van der Waals surface area contributed by atoms with Gasteiger partial charge in [0.05, 0.1) is 5.52 Å². The Labute approximate surface area is 121 Å². The van der Waals surface area contributed by atoms with E-state index in [2.05, 4.69) is 47.6 Å². The molecule has 1 aromatic carbocycles. The van der Waals surface area contributed by atoms with Crippen LogP contribution in [0.15, 0.2) is 36.5 Å². The Morgan fingerprint density at radius 3 is 3.05 bits per heavy atom. The molecule has 106 valence electrons. The van der Waals surface area contributed by atoms with Gasteiger partial charge in [0, 0.05) is 11.6 Å². The zero-order valence-corrected chi connectivity index (χ0v) is 12.3. The van der Waals surface area contributed by atoms with Gasteiger partial charge < -0.3 is 5.32 Å². The maximum Gasteiger partial charge on any atom is 0.0704 e. The third kappa shape index (κ3) is 2.71. The number of nitrogens with zero attached hydrogens (tertiary/aromatic N) is 1. The van der Waals surface area contributed by atoms with Gasteiger partial charge in [-0.25, -0.2) is 0 Å². The fourth-order valence-electron chi connectivity index (χ4n) is 3.61. The molecule has 2 nitrogen and oxygen atoms in total. The van der Waals surface area contributed by atoms with Crippen LogP contribution in [0.5, 0.6) is 0 Å². The van der Waals surface area contributed by atoms with E-state index >= 15 is 0 Å². The molecule has 0 spiro atoms. The second-order valence-corrected chi connectivity index (χ2v) is 5.92. The van der Waals surface area contributed by atoms with E-state index in [1.807, 2.05) is 6.20 Å². The third-order valence-electron chi connectivity index (χ3n) is 4.57. The summed E-state index contributed by atoms with van der Waals surface area (Å²) in [6.45, 7) is 4.53. The largest absolute Gasteiger partial charge is 0.316 e. The first-order chi connectivity index (χ1) is 9.90. The predicted molar refractivity (Wildman–Crippen MR) is 85.0 cm³/mol. The van der Waals surface area contributed by atoms with E-state index in [9.17, 15) is 0 Å². The topological polar surface area (TPSA) is 24.9 Å². The van der Waals surface area contributed by atoms with Crippen LogP contribution in [0.25, 0.3) is 10.9 Å². The van der Waals surface area contributed by atoms with Crippen molar-refractivity contribution in [1.29, 1.82) is 0 Å². The lowest BCUT2D eigenvalue weighted by atomic mass is 9.86. The maximum atomic E-state index is 4.50. The molecule has 1 aliphatic rings. The van der Waals surface area contributed by atoms with E-state index in [1.54, 1.807) is 0 Å². The summed E-state index contributed by atoms with van der Waals surface area (Å²) in [6, 6.07) is 10.9. The highest BCUT2D eigenvalue weighted by Gasteiger charge is 2.29. The number of aromatic nitrogens is 1. The molecule has 1 fully saturated rings. The van der Waals surface area contributed by atoms with Crippen LogP contribution in [-0.2, 0) is 0 Å². The highest BCUT2D eigenvalue weighted by atomic mass is 14.9. The van der Waals surface area contributed by atoms with Crippen LogP contribution < -0.4 is 5.32 Å². The average molecular weight is 268 g/mol. The second kappa shape index (κ2) is 6.36. The van der Waals surface area contributed by atoms with Crippen molar-refractivity contribution in [3.8, 4) is 0 Å². The van der Waals surface area contributed by atoms with Crippen molar-refractivity contribution in [3.63, 3.8) is 0 Å². The van der Waals surface area contributed by atoms with E-state index in [0.29, 0.717) is 5.92 Å². The molecular formula is C18H24N2. The summed E-state index contributed by atoms with van der Waals surface area (Å²) in [5.74, 6) is 1.49. The van der Waals surface area contributed by atoms with Gasteiger partial charge in [0.15, 0.2) is 0 Å². The lowest BCUT2D eigenvalue weighted by molar-refractivity contribution is 0.446. The zero-order chi connectivity index (χ0) is 13.8. The lowest BCUT2D eigenvalue weighted by Gasteiger charge is -2.22. The number of nitrogens with one attached hydrogen (secondary N) is 1. The van der Waals surface area contributed by atoms with Gasteiger partial charge in [0.1, 0.15) is 0 Å². The number of fused-ring (bicyclic) bond motifs is 1. The highest BCUT2D eigenvalue weighted by molar-refractivity contribution is 5.82. The van der Waals surface area contributed by atoms with Crippen LogP contribution in [0, 0.1) is 5.92 Å². The molecule has 2 unspecified atom stereocenters. The summed E-state index contributed by atoms with van der Waals surface area (Å²) in [4.78, 5) is 4.50. The van der Waals surface area contributed by atoms with Crippen LogP contribution in [0.4, 0.5) is 0 Å². The Balaban J connectivity index is 1.86. The molecule has 2 heteroatoms. The number of hydrogen-bond donors (Lipinski definition) is 1. The van der Waals surface area contributed by atoms with Crippen molar-refractivity contribution in [2.75, 3.05) is 13.1 Å². The van der Waals surface area contributed by atoms with Crippen LogP contribution >= 0.6 is 0 Å². The molecule has 1 aliphatic carbocycles. The SMILES string of the molecule is CCCNCC1CCCC1c1cccc2ncccc12. The Bertz CT molecular complexity index is 559. The standard InChI is InChI=1S/C18H24N2/c1-2-11-19-13-14-6-3-7-15(14)16-8-4-10-18-17(16)9-5-12-20-18/h4-5,8-10,12,14-15,19H,2-3,6-7,11,13H2,1H3. The number of rotatable bonds is 5. The molecular weight excluding hydrogens is 244 g/mol. The third-order valence-corrected chi connectivity index (χ3v) is 4.57. The predicted octanol–water partition coefficient (Wildman–Crippen LogP) is 4.12. The van der Waals surface area contributed by atoms with Crippen molar-refractivity contribution < 1.29 is 0 Å². The molecule has 0 saturated heterocycles. The highest BCUT2D eigenvalue weighted by Crippen LogP contribution is 2.41. The Kier molecular flexibility index (Phi) is 4.31. The van der Waals surface area contributed by atoms with Gasteiger partial charge >= 0.3 is 0 Å². The Morgan fingerprint density at radius 2 is 2.15 bits per heavy atom. The van der Waals surface area contributed by atoms with Crippen molar-refractivity contribution in [2.24, 2.45) is 5.92 Å². The molecule has 0 aliphatic heterocycles. The Hall–Kier alpha value is -1.41. The summed E-state index contributed by atoms with van der Waals surface area (Å²) in [5, 5.41) is 4.96. The molecule has 0 radical (unpaired) electrons. The van der Waals surface area contributed by atoms with Gasteiger partial charge in [-0.1, -0.05) is 31.5 Å². The quantitative estimate of drug-likeness (QED) is 0.825. The minimum absolute atomic E-state index is 0.701. The number of pyridine rings is 1. The first-order valence-electron chi connectivity index (χ1n) is 7.94. The fraction of sp³-hybridized carbons (Fsp3) is 0.500. The smallest absolute Gasteiger partial charge is 0.0704 e. The summed E-state index contributed by atoms with van der Waals surface area (Å²) in [7, 11) is 0. The van der Waals surface area contributed by atoms with Gasteiger partial charge in [-0.3, -0.25) is 4.98 Å². The lowest BCUT2D eigenvalue weighted by Crippen LogP contribution is -2.25. The first kappa shape index (κ1) is 13.6. The molecule has 0 amide bonds. The van der Waals surface area contributed by atoms with E-state index in [4.69, 9.17) is 0 Å². The Morgan fingerprint density at radius 1 is 1.20 bits per heavy atom. The van der Waals surface area contributed by atoms with E-state index in [0.717, 1.165) is 24.5 Å². The minimum Gasteiger partial charge on any atom is -0.316 e. The van der Waals surface area contributed by atoms with Gasteiger partial charge in [0.25, 0.3) is 0 Å². The first-order valence-corrected chi connectivity index (χ1v) is 7.94. The molecule has 2 atom stereocenters. The van der Waals surface area contributed by atoms with E-state index in [-0.39, 0.29) is 0 Å². The van der Waals surface area contributed by atoms with Gasteiger partial charge in [0.2, 0.25) is 0 Å². The van der Waals surface area contributed by atoms with Crippen molar-refractivity contribution >= 4 is 10.9 Å². The number of hydrogen-bond acceptors (Lipinski definition) is 2. The summed E-state index contributed by atoms with van der Waals surface area (Å²) in [5.41, 5.74) is 2.65. The summed E-state index contributed by atoms with van der Waals surface area (Å²) >= 11 is 0. The molecule has 2 aromatic rings. The molecule has 1 saturated carbocycles. The average Bonchev–Trinajstić information content (AvgIpc) is 2.95. The van der Waals surface area contributed by atoms with Crippen molar-refractivity contribution in [3.05, 3.63) is 42.1 Å². The van der Waals surface area contributed by atoms with Gasteiger partial charge in [-0.05, 0) is 61.9 Å². The van der Waals surface area contributed by atoms with Gasteiger partial charge in [-0.15, -0.1) is 0 Å². The van der Waals surface area contributed by atoms with E-state index < -0.39 is 0 Å². The molecule has 20 heavy (non-hydrogen) atoms. The summed E-state index contributed by atoms with van der Waals surface area (Å²) in [6.07, 6.45) is 7.15. The van der Waals surface area contributed by atoms with Crippen molar-refractivity contribution in [2.45, 2.75) is 38.5 Å². The van der Waals surface area contributed by atoms with Crippen LogP contribution in [0.3, 0.4) is 0 Å². The molecule has 3 rings (SSSR count). The molecule has 1 N–H and O–H groups in total. The fourth-order valence-corrected chi connectivity index (χ4v) is 3.61. The summed E-state index contributed by atoms with van der Waals surface area (Å²) < 4.78 is 0. The van der Waals surface area contributed by atoms with Gasteiger partial charge in [-0.2, -0.15) is 0 Å². The van der Waals surface area contributed by atoms with Crippen LogP contribution in [0.1, 0.15) is 44.1 Å². The zero-order valence-electron chi connectivity index (χ0n) is 12.3. The minimum atomic E-state index is 0.701. The maximum absolute atomic E-state index is 4.50. The molecule has 0 bridgehead atoms. The number of benzene rings is 1. The molecule has 1 heterocycles. The second-order valence-electron chi connectivity index (χ2n) is 5.92. The van der Waals surface area contributed by atoms with Crippen LogP contribution in [-0.4, -0.2) is 18.1 Å². The monoisotopic (exact) mass is 268 g/mol. The van der Waals surface area contributed by atoms with E-state index in [1.165, 1.54) is 36.6 Å². The normalized spacial score (nSPS) is 22.4. The van der Waals surface area contributed by atoms with Crippen LogP contribution in [0.2, 0.25) is 0 Å². The molecule has 1 aromatic heterocycles.